The van der Waals surface area contributed by atoms with Crippen molar-refractivity contribution in [3.05, 3.63) is 66.6 Å². The molecule has 2 atom stereocenters. The van der Waals surface area contributed by atoms with Crippen molar-refractivity contribution in [1.29, 1.82) is 5.26 Å². The van der Waals surface area contributed by atoms with Gasteiger partial charge in [-0.15, -0.1) is 0 Å². The van der Waals surface area contributed by atoms with Crippen LogP contribution in [0.4, 0.5) is 0 Å². The fourth-order valence-electron chi connectivity index (χ4n) is 4.50. The van der Waals surface area contributed by atoms with E-state index in [1.54, 1.807) is 28.7 Å². The van der Waals surface area contributed by atoms with E-state index in [9.17, 15) is 8.42 Å². The van der Waals surface area contributed by atoms with Crippen LogP contribution in [-0.2, 0) is 16.6 Å². The standard InChI is InChI=1S/C23H22N6O2S/c1-16-7-18(15-29(16)32(30,31)22-4-2-3-17(8-22)10-24)14-28-23-6-5-19(9-20(23)13-27-28)21-11-25-26-12-21/h2-6,8-9,11-13,16,18H,7,14-15H2,1H3,(H,25,26)/t16-,18?/m0/s1. The van der Waals surface area contributed by atoms with Crippen LogP contribution in [0.15, 0.2) is 66.0 Å². The third kappa shape index (κ3) is 3.57. The topological polar surface area (TPSA) is 108 Å². The van der Waals surface area contributed by atoms with E-state index in [2.05, 4.69) is 21.4 Å². The van der Waals surface area contributed by atoms with E-state index in [0.717, 1.165) is 28.5 Å². The highest BCUT2D eigenvalue weighted by Gasteiger charge is 2.38. The summed E-state index contributed by atoms with van der Waals surface area (Å²) < 4.78 is 29.9. The molecular weight excluding hydrogens is 424 g/mol. The minimum absolute atomic E-state index is 0.120. The molecule has 2 aromatic carbocycles. The summed E-state index contributed by atoms with van der Waals surface area (Å²) in [7, 11) is -3.66. The van der Waals surface area contributed by atoms with Crippen LogP contribution in [0, 0.1) is 17.2 Å². The van der Waals surface area contributed by atoms with Crippen LogP contribution in [0.2, 0.25) is 0 Å². The van der Waals surface area contributed by atoms with Crippen molar-refractivity contribution >= 4 is 20.9 Å². The largest absolute Gasteiger partial charge is 0.285 e. The Morgan fingerprint density at radius 2 is 2.06 bits per heavy atom. The minimum atomic E-state index is -3.66. The molecule has 0 amide bonds. The second-order valence-electron chi connectivity index (χ2n) is 8.25. The maximum atomic E-state index is 13.2. The number of hydrogen-bond acceptors (Lipinski definition) is 5. The third-order valence-corrected chi connectivity index (χ3v) is 8.05. The Hall–Kier alpha value is -3.48. The molecule has 5 rings (SSSR count). The van der Waals surface area contributed by atoms with Crippen LogP contribution in [0.1, 0.15) is 18.9 Å². The van der Waals surface area contributed by atoms with Crippen LogP contribution in [-0.4, -0.2) is 45.3 Å². The van der Waals surface area contributed by atoms with Gasteiger partial charge in [-0.2, -0.15) is 19.8 Å². The first-order chi connectivity index (χ1) is 15.5. The minimum Gasteiger partial charge on any atom is -0.285 e. The Bertz CT molecular complexity index is 1420. The van der Waals surface area contributed by atoms with Gasteiger partial charge in [0.2, 0.25) is 10.0 Å². The van der Waals surface area contributed by atoms with Gasteiger partial charge < -0.3 is 0 Å². The Balaban J connectivity index is 1.36. The van der Waals surface area contributed by atoms with E-state index in [4.69, 9.17) is 5.26 Å². The number of sulfonamides is 1. The zero-order valence-corrected chi connectivity index (χ0v) is 18.3. The van der Waals surface area contributed by atoms with Crippen LogP contribution in [0.3, 0.4) is 0 Å². The van der Waals surface area contributed by atoms with E-state index in [1.165, 1.54) is 6.07 Å². The first kappa shape index (κ1) is 20.4. The molecule has 8 nitrogen and oxygen atoms in total. The number of nitrogens with zero attached hydrogens (tertiary/aromatic N) is 5. The molecule has 2 aromatic heterocycles. The van der Waals surface area contributed by atoms with Gasteiger partial charge in [-0.3, -0.25) is 9.78 Å². The summed E-state index contributed by atoms with van der Waals surface area (Å²) >= 11 is 0. The molecule has 1 N–H and O–H groups in total. The molecule has 0 bridgehead atoms. The van der Waals surface area contributed by atoms with Gasteiger partial charge in [0.25, 0.3) is 0 Å². The number of rotatable bonds is 5. The molecule has 162 valence electrons. The first-order valence-corrected chi connectivity index (χ1v) is 11.9. The molecule has 0 aliphatic carbocycles. The molecule has 4 aromatic rings. The lowest BCUT2D eigenvalue weighted by Crippen LogP contribution is -2.34. The summed E-state index contributed by atoms with van der Waals surface area (Å²) in [4.78, 5) is 0.167. The molecule has 1 saturated heterocycles. The molecule has 1 fully saturated rings. The van der Waals surface area contributed by atoms with Crippen molar-refractivity contribution < 1.29 is 8.42 Å². The average molecular weight is 447 g/mol. The zero-order valence-electron chi connectivity index (χ0n) is 17.5. The normalized spacial score (nSPS) is 19.4. The number of nitrogens with one attached hydrogen (secondary N) is 1. The van der Waals surface area contributed by atoms with Crippen molar-refractivity contribution in [1.82, 2.24) is 24.3 Å². The molecule has 9 heteroatoms. The third-order valence-electron chi connectivity index (χ3n) is 6.08. The SMILES string of the molecule is C[C@H]1CC(Cn2ncc3cc(-c4cn[nH]c4)ccc32)CN1S(=O)(=O)c1cccc(C#N)c1. The number of benzene rings is 2. The molecule has 3 heterocycles. The van der Waals surface area contributed by atoms with Gasteiger partial charge in [0.05, 0.1) is 34.4 Å². The second-order valence-corrected chi connectivity index (χ2v) is 10.1. The quantitative estimate of drug-likeness (QED) is 0.506. The Kier molecular flexibility index (Phi) is 5.04. The first-order valence-electron chi connectivity index (χ1n) is 10.4. The van der Waals surface area contributed by atoms with Crippen molar-refractivity contribution in [2.75, 3.05) is 6.54 Å². The van der Waals surface area contributed by atoms with Crippen molar-refractivity contribution in [2.45, 2.75) is 30.8 Å². The zero-order chi connectivity index (χ0) is 22.3. The molecular formula is C23H22N6O2S. The van der Waals surface area contributed by atoms with Crippen molar-refractivity contribution in [3.63, 3.8) is 0 Å². The van der Waals surface area contributed by atoms with Crippen LogP contribution < -0.4 is 0 Å². The van der Waals surface area contributed by atoms with E-state index < -0.39 is 10.0 Å². The highest BCUT2D eigenvalue weighted by atomic mass is 32.2. The number of H-pyrrole nitrogens is 1. The number of aromatic nitrogens is 4. The van der Waals surface area contributed by atoms with Gasteiger partial charge in [-0.25, -0.2) is 8.42 Å². The van der Waals surface area contributed by atoms with Gasteiger partial charge in [0.1, 0.15) is 0 Å². The van der Waals surface area contributed by atoms with Crippen molar-refractivity contribution in [2.24, 2.45) is 5.92 Å². The molecule has 1 aliphatic heterocycles. The van der Waals surface area contributed by atoms with Gasteiger partial charge in [0.15, 0.2) is 0 Å². The van der Waals surface area contributed by atoms with Crippen LogP contribution >= 0.6 is 0 Å². The van der Waals surface area contributed by atoms with Gasteiger partial charge >= 0.3 is 0 Å². The Morgan fingerprint density at radius 3 is 2.84 bits per heavy atom. The predicted molar refractivity (Wildman–Crippen MR) is 120 cm³/mol. The predicted octanol–water partition coefficient (Wildman–Crippen LogP) is 3.40. The highest BCUT2D eigenvalue weighted by Crippen LogP contribution is 2.31. The summed E-state index contributed by atoms with van der Waals surface area (Å²) in [6.07, 6.45) is 6.24. The Morgan fingerprint density at radius 1 is 1.19 bits per heavy atom. The molecule has 0 saturated carbocycles. The molecule has 1 unspecified atom stereocenters. The lowest BCUT2D eigenvalue weighted by Gasteiger charge is -2.21. The highest BCUT2D eigenvalue weighted by molar-refractivity contribution is 7.89. The lowest BCUT2D eigenvalue weighted by molar-refractivity contribution is 0.396. The van der Waals surface area contributed by atoms with Gasteiger partial charge in [0, 0.05) is 36.3 Å². The van der Waals surface area contributed by atoms with Crippen LogP contribution in [0.5, 0.6) is 0 Å². The monoisotopic (exact) mass is 446 g/mol. The van der Waals surface area contributed by atoms with E-state index in [-0.39, 0.29) is 16.9 Å². The van der Waals surface area contributed by atoms with Crippen LogP contribution in [0.25, 0.3) is 22.0 Å². The number of fused-ring (bicyclic) bond motifs is 1. The lowest BCUT2D eigenvalue weighted by atomic mass is 10.1. The Labute approximate surface area is 186 Å². The summed E-state index contributed by atoms with van der Waals surface area (Å²) in [6.45, 7) is 3.00. The number of hydrogen-bond donors (Lipinski definition) is 1. The number of nitriles is 1. The fraction of sp³-hybridized carbons (Fsp3) is 0.261. The maximum absolute atomic E-state index is 13.2. The summed E-state index contributed by atoms with van der Waals surface area (Å²) in [5.74, 6) is 0.149. The maximum Gasteiger partial charge on any atom is 0.243 e. The van der Waals surface area contributed by atoms with Gasteiger partial charge in [-0.1, -0.05) is 12.1 Å². The molecule has 0 radical (unpaired) electrons. The molecule has 0 spiro atoms. The average Bonchev–Trinajstić information content (AvgIpc) is 3.54. The smallest absolute Gasteiger partial charge is 0.243 e. The summed E-state index contributed by atoms with van der Waals surface area (Å²) in [5, 5.41) is 21.5. The molecule has 32 heavy (non-hydrogen) atoms. The van der Waals surface area contributed by atoms with E-state index in [0.29, 0.717) is 18.7 Å². The van der Waals surface area contributed by atoms with Crippen molar-refractivity contribution in [3.8, 4) is 17.2 Å². The van der Waals surface area contributed by atoms with E-state index in [1.807, 2.05) is 42.2 Å². The molecule has 1 aliphatic rings. The van der Waals surface area contributed by atoms with Gasteiger partial charge in [-0.05, 0) is 55.2 Å². The summed E-state index contributed by atoms with van der Waals surface area (Å²) in [5.41, 5.74) is 3.45. The summed E-state index contributed by atoms with van der Waals surface area (Å²) in [6, 6.07) is 14.3. The fourth-order valence-corrected chi connectivity index (χ4v) is 6.27. The second kappa shape index (κ2) is 7.89. The number of aromatic amines is 1. The van der Waals surface area contributed by atoms with E-state index >= 15 is 0 Å².